The van der Waals surface area contributed by atoms with E-state index in [9.17, 15) is 19.2 Å². The summed E-state index contributed by atoms with van der Waals surface area (Å²) in [6.07, 6.45) is 0.593. The molecule has 0 aliphatic carbocycles. The van der Waals surface area contributed by atoms with E-state index in [0.29, 0.717) is 12.0 Å². The molecule has 8 nitrogen and oxygen atoms in total. The first-order valence-corrected chi connectivity index (χ1v) is 9.39. The summed E-state index contributed by atoms with van der Waals surface area (Å²) in [4.78, 5) is 49.3. The largest absolute Gasteiger partial charge is 0.454 e. The van der Waals surface area contributed by atoms with Crippen LogP contribution in [0.4, 0.5) is 5.82 Å². The summed E-state index contributed by atoms with van der Waals surface area (Å²) in [5.41, 5.74) is 5.44. The van der Waals surface area contributed by atoms with Crippen molar-refractivity contribution in [1.29, 1.82) is 0 Å². The minimum Gasteiger partial charge on any atom is -0.454 e. The molecule has 1 aromatic heterocycles. The molecule has 2 rings (SSSR count). The van der Waals surface area contributed by atoms with Gasteiger partial charge in [-0.25, -0.2) is 9.59 Å². The van der Waals surface area contributed by atoms with Crippen LogP contribution in [0.15, 0.2) is 33.9 Å². The van der Waals surface area contributed by atoms with Crippen molar-refractivity contribution in [1.82, 2.24) is 9.13 Å². The molecule has 0 radical (unpaired) electrons. The summed E-state index contributed by atoms with van der Waals surface area (Å²) in [6, 6.07) is 6.91. The van der Waals surface area contributed by atoms with Gasteiger partial charge in [0.25, 0.3) is 5.56 Å². The molecule has 1 heterocycles. The monoisotopic (exact) mass is 401 g/mol. The standard InChI is InChI=1S/C21H27N3O5/c1-6-11-24-17(22)16(18(26)23(5)20(24)28)15(25)12-29-19(27)13-7-9-14(10-8-13)21(2,3)4/h7-10H,6,11-12,22H2,1-5H3. The van der Waals surface area contributed by atoms with Crippen LogP contribution in [0.1, 0.15) is 60.4 Å². The second-order valence-corrected chi connectivity index (χ2v) is 7.89. The van der Waals surface area contributed by atoms with E-state index in [2.05, 4.69) is 20.8 Å². The molecule has 0 atom stereocenters. The fraction of sp³-hybridized carbons (Fsp3) is 0.429. The van der Waals surface area contributed by atoms with Crippen LogP contribution in [0.3, 0.4) is 0 Å². The summed E-state index contributed by atoms with van der Waals surface area (Å²) < 4.78 is 7.06. The topological polar surface area (TPSA) is 113 Å². The SMILES string of the molecule is CCCn1c(N)c(C(=O)COC(=O)c2ccc(C(C)(C)C)cc2)c(=O)n(C)c1=O. The van der Waals surface area contributed by atoms with Crippen molar-refractivity contribution >= 4 is 17.6 Å². The average molecular weight is 401 g/mol. The van der Waals surface area contributed by atoms with Gasteiger partial charge in [-0.1, -0.05) is 39.8 Å². The van der Waals surface area contributed by atoms with Gasteiger partial charge in [-0.3, -0.25) is 18.7 Å². The molecule has 0 bridgehead atoms. The van der Waals surface area contributed by atoms with Gasteiger partial charge in [0, 0.05) is 13.6 Å². The van der Waals surface area contributed by atoms with Crippen LogP contribution in [-0.2, 0) is 23.7 Å². The molecule has 0 aliphatic rings. The minimum atomic E-state index is -0.810. The molecule has 0 spiro atoms. The number of esters is 1. The van der Waals surface area contributed by atoms with Gasteiger partial charge in [0.05, 0.1) is 5.56 Å². The van der Waals surface area contributed by atoms with Crippen molar-refractivity contribution in [3.63, 3.8) is 0 Å². The Morgan fingerprint density at radius 2 is 1.69 bits per heavy atom. The van der Waals surface area contributed by atoms with E-state index in [-0.39, 0.29) is 23.3 Å². The number of hydrogen-bond acceptors (Lipinski definition) is 6. The molecule has 8 heteroatoms. The Balaban J connectivity index is 2.22. The summed E-state index contributed by atoms with van der Waals surface area (Å²) in [7, 11) is 1.27. The molecule has 0 amide bonds. The minimum absolute atomic E-state index is 0.0580. The van der Waals surface area contributed by atoms with Gasteiger partial charge in [0.15, 0.2) is 6.61 Å². The highest BCUT2D eigenvalue weighted by atomic mass is 16.5. The zero-order chi connectivity index (χ0) is 21.9. The Hall–Kier alpha value is -3.16. The molecule has 1 aromatic carbocycles. The summed E-state index contributed by atoms with van der Waals surface area (Å²) in [5, 5.41) is 0. The number of ether oxygens (including phenoxy) is 1. The van der Waals surface area contributed by atoms with Crippen LogP contribution in [0.2, 0.25) is 0 Å². The smallest absolute Gasteiger partial charge is 0.338 e. The first-order chi connectivity index (χ1) is 13.5. The third-order valence-corrected chi connectivity index (χ3v) is 4.63. The lowest BCUT2D eigenvalue weighted by atomic mass is 9.87. The number of Topliss-reactive ketones (excluding diaryl/α,β-unsaturated/α-hetero) is 1. The third kappa shape index (κ3) is 4.64. The second kappa shape index (κ2) is 8.46. The number of benzene rings is 1. The van der Waals surface area contributed by atoms with E-state index >= 15 is 0 Å². The maximum absolute atomic E-state index is 12.5. The van der Waals surface area contributed by atoms with Crippen molar-refractivity contribution in [3.05, 3.63) is 61.8 Å². The van der Waals surface area contributed by atoms with Crippen molar-refractivity contribution in [3.8, 4) is 0 Å². The molecule has 0 saturated carbocycles. The molecule has 0 saturated heterocycles. The number of carbonyl (C=O) groups excluding carboxylic acids is 2. The van der Waals surface area contributed by atoms with E-state index in [0.717, 1.165) is 10.1 Å². The second-order valence-electron chi connectivity index (χ2n) is 7.89. The Labute approximate surface area is 168 Å². The maximum atomic E-state index is 12.5. The molecule has 2 aromatic rings. The van der Waals surface area contributed by atoms with Gasteiger partial charge in [-0.05, 0) is 29.5 Å². The molecular weight excluding hydrogens is 374 g/mol. The Morgan fingerprint density at radius 1 is 1.10 bits per heavy atom. The van der Waals surface area contributed by atoms with Crippen LogP contribution < -0.4 is 17.0 Å². The number of rotatable bonds is 6. The van der Waals surface area contributed by atoms with E-state index in [1.165, 1.54) is 11.6 Å². The van der Waals surface area contributed by atoms with E-state index in [1.807, 2.05) is 19.1 Å². The van der Waals surface area contributed by atoms with E-state index in [1.54, 1.807) is 12.1 Å². The van der Waals surface area contributed by atoms with Crippen molar-refractivity contribution in [2.45, 2.75) is 46.1 Å². The Morgan fingerprint density at radius 3 is 2.21 bits per heavy atom. The average Bonchev–Trinajstić information content (AvgIpc) is 2.67. The van der Waals surface area contributed by atoms with Crippen LogP contribution >= 0.6 is 0 Å². The molecule has 0 fully saturated rings. The predicted octanol–water partition coefficient (Wildman–Crippen LogP) is 1.88. The van der Waals surface area contributed by atoms with Gasteiger partial charge in [0.1, 0.15) is 11.4 Å². The molecular formula is C21H27N3O5. The fourth-order valence-corrected chi connectivity index (χ4v) is 2.88. The van der Waals surface area contributed by atoms with Crippen molar-refractivity contribution in [2.24, 2.45) is 7.05 Å². The number of carbonyl (C=O) groups is 2. The lowest BCUT2D eigenvalue weighted by molar-refractivity contribution is 0.0474. The van der Waals surface area contributed by atoms with E-state index < -0.39 is 29.6 Å². The summed E-state index contributed by atoms with van der Waals surface area (Å²) in [6.45, 7) is 7.62. The molecule has 0 unspecified atom stereocenters. The normalized spacial score (nSPS) is 11.3. The number of hydrogen-bond donors (Lipinski definition) is 1. The predicted molar refractivity (Wildman–Crippen MR) is 110 cm³/mol. The van der Waals surface area contributed by atoms with Crippen LogP contribution in [0, 0.1) is 0 Å². The molecule has 29 heavy (non-hydrogen) atoms. The zero-order valence-electron chi connectivity index (χ0n) is 17.4. The highest BCUT2D eigenvalue weighted by Gasteiger charge is 2.23. The van der Waals surface area contributed by atoms with Crippen molar-refractivity contribution < 1.29 is 14.3 Å². The first kappa shape index (κ1) is 22.1. The number of nitrogens with two attached hydrogens (primary N) is 1. The Bertz CT molecular complexity index is 1040. The van der Waals surface area contributed by atoms with E-state index in [4.69, 9.17) is 10.5 Å². The fourth-order valence-electron chi connectivity index (χ4n) is 2.88. The van der Waals surface area contributed by atoms with Gasteiger partial charge >= 0.3 is 11.7 Å². The number of nitrogen functional groups attached to an aromatic ring is 1. The summed E-state index contributed by atoms with van der Waals surface area (Å²) in [5.74, 6) is -1.65. The first-order valence-electron chi connectivity index (χ1n) is 9.39. The maximum Gasteiger partial charge on any atom is 0.338 e. The lowest BCUT2D eigenvalue weighted by Crippen LogP contribution is -2.43. The Kier molecular flexibility index (Phi) is 6.46. The molecule has 156 valence electrons. The van der Waals surface area contributed by atoms with Gasteiger partial charge in [-0.2, -0.15) is 0 Å². The molecule has 2 N–H and O–H groups in total. The number of aromatic nitrogens is 2. The van der Waals surface area contributed by atoms with Gasteiger partial charge in [-0.15, -0.1) is 0 Å². The van der Waals surface area contributed by atoms with Crippen LogP contribution in [0.5, 0.6) is 0 Å². The summed E-state index contributed by atoms with van der Waals surface area (Å²) >= 11 is 0. The van der Waals surface area contributed by atoms with Crippen LogP contribution in [0.25, 0.3) is 0 Å². The third-order valence-electron chi connectivity index (χ3n) is 4.63. The number of ketones is 1. The number of anilines is 1. The highest BCUT2D eigenvalue weighted by molar-refractivity contribution is 6.02. The molecule has 0 aliphatic heterocycles. The van der Waals surface area contributed by atoms with Crippen molar-refractivity contribution in [2.75, 3.05) is 12.3 Å². The zero-order valence-corrected chi connectivity index (χ0v) is 17.4. The van der Waals surface area contributed by atoms with Gasteiger partial charge < -0.3 is 10.5 Å². The number of nitrogens with zero attached hydrogens (tertiary/aromatic N) is 2. The van der Waals surface area contributed by atoms with Gasteiger partial charge in [0.2, 0.25) is 5.78 Å². The van der Waals surface area contributed by atoms with Crippen LogP contribution in [-0.4, -0.2) is 27.5 Å². The highest BCUT2D eigenvalue weighted by Crippen LogP contribution is 2.22. The quantitative estimate of drug-likeness (QED) is 0.584. The lowest BCUT2D eigenvalue weighted by Gasteiger charge is -2.18.